The van der Waals surface area contributed by atoms with Gasteiger partial charge in [-0.05, 0) is 61.1 Å². The first-order chi connectivity index (χ1) is 14.2. The number of anilines is 1. The molecule has 3 amide bonds. The molecule has 0 aromatic heterocycles. The number of hydrogen-bond donors (Lipinski definition) is 2. The largest absolute Gasteiger partial charge is 0.490 e. The fourth-order valence-electron chi connectivity index (χ4n) is 4.00. The highest BCUT2D eigenvalue weighted by atomic mass is 35.5. The monoisotopic (exact) mass is 428 g/mol. The molecule has 0 bridgehead atoms. The molecular formula is C24H29ClN2O3. The number of carbonyl (C=O) groups is 2. The first-order valence-electron chi connectivity index (χ1n) is 10.4. The van der Waals surface area contributed by atoms with Crippen LogP contribution in [0, 0.1) is 11.3 Å². The molecule has 1 fully saturated rings. The Morgan fingerprint density at radius 1 is 1.00 bits per heavy atom. The summed E-state index contributed by atoms with van der Waals surface area (Å²) in [7, 11) is 0. The zero-order valence-corrected chi connectivity index (χ0v) is 18.5. The molecule has 0 spiro atoms. The summed E-state index contributed by atoms with van der Waals surface area (Å²) in [6, 6.07) is 13.2. The molecule has 2 aromatic rings. The van der Waals surface area contributed by atoms with Crippen LogP contribution in [0.15, 0.2) is 48.5 Å². The highest BCUT2D eigenvalue weighted by Gasteiger charge is 2.35. The zero-order chi connectivity index (χ0) is 21.7. The van der Waals surface area contributed by atoms with E-state index in [1.54, 1.807) is 36.4 Å². The molecule has 0 heterocycles. The van der Waals surface area contributed by atoms with E-state index < -0.39 is 11.9 Å². The van der Waals surface area contributed by atoms with Crippen molar-refractivity contribution < 1.29 is 14.3 Å². The lowest BCUT2D eigenvalue weighted by atomic mass is 9.70. The average Bonchev–Trinajstić information content (AvgIpc) is 2.69. The minimum absolute atomic E-state index is 0.203. The molecule has 1 aliphatic carbocycles. The predicted molar refractivity (Wildman–Crippen MR) is 120 cm³/mol. The minimum Gasteiger partial charge on any atom is -0.490 e. The molecule has 1 aliphatic rings. The van der Waals surface area contributed by atoms with E-state index in [0.717, 1.165) is 12.2 Å². The standard InChI is InChI=1S/C24H29ClN2O3/c1-24(2,3)19-9-5-7-11-21(19)30-17-14-12-16(13-15-17)26-23(29)27-22(28)18-8-4-6-10-20(18)25/h4,6,8,10,12-15,19,21H,5,7,9,11H2,1-3H3,(H2,26,27,28,29). The van der Waals surface area contributed by atoms with E-state index in [4.69, 9.17) is 16.3 Å². The third-order valence-electron chi connectivity index (χ3n) is 5.56. The fraction of sp³-hybridized carbons (Fsp3) is 0.417. The van der Waals surface area contributed by atoms with Crippen LogP contribution in [0.1, 0.15) is 56.8 Å². The lowest BCUT2D eigenvalue weighted by molar-refractivity contribution is 0.0281. The Kier molecular flexibility index (Phi) is 7.03. The van der Waals surface area contributed by atoms with Gasteiger partial charge in [0, 0.05) is 11.6 Å². The van der Waals surface area contributed by atoms with Crippen molar-refractivity contribution in [2.75, 3.05) is 5.32 Å². The van der Waals surface area contributed by atoms with Crippen LogP contribution in [0.4, 0.5) is 10.5 Å². The Bertz CT molecular complexity index is 890. The van der Waals surface area contributed by atoms with E-state index in [-0.39, 0.29) is 17.1 Å². The van der Waals surface area contributed by atoms with Crippen LogP contribution in [0.3, 0.4) is 0 Å². The van der Waals surface area contributed by atoms with Gasteiger partial charge in [-0.1, -0.05) is 50.9 Å². The van der Waals surface area contributed by atoms with Crippen molar-refractivity contribution in [3.8, 4) is 5.75 Å². The molecular weight excluding hydrogens is 400 g/mol. The molecule has 0 saturated heterocycles. The lowest BCUT2D eigenvalue weighted by Crippen LogP contribution is -2.38. The maximum absolute atomic E-state index is 12.2. The van der Waals surface area contributed by atoms with Gasteiger partial charge in [0.15, 0.2) is 0 Å². The van der Waals surface area contributed by atoms with E-state index in [9.17, 15) is 9.59 Å². The van der Waals surface area contributed by atoms with Gasteiger partial charge in [0.1, 0.15) is 11.9 Å². The first kappa shape index (κ1) is 22.2. The molecule has 2 atom stereocenters. The Labute approximate surface area is 183 Å². The number of urea groups is 1. The summed E-state index contributed by atoms with van der Waals surface area (Å²) in [5.41, 5.74) is 1.03. The Balaban J connectivity index is 1.57. The molecule has 1 saturated carbocycles. The second-order valence-electron chi connectivity index (χ2n) is 8.83. The van der Waals surface area contributed by atoms with E-state index in [2.05, 4.69) is 31.4 Å². The van der Waals surface area contributed by atoms with Gasteiger partial charge in [0.25, 0.3) is 5.91 Å². The number of hydrogen-bond acceptors (Lipinski definition) is 3. The SMILES string of the molecule is CC(C)(C)C1CCCCC1Oc1ccc(NC(=O)NC(=O)c2ccccc2Cl)cc1. The highest BCUT2D eigenvalue weighted by molar-refractivity contribution is 6.34. The maximum Gasteiger partial charge on any atom is 0.326 e. The van der Waals surface area contributed by atoms with E-state index in [1.165, 1.54) is 19.3 Å². The van der Waals surface area contributed by atoms with Gasteiger partial charge in [0.2, 0.25) is 0 Å². The number of ether oxygens (including phenoxy) is 1. The zero-order valence-electron chi connectivity index (χ0n) is 17.7. The van der Waals surface area contributed by atoms with Crippen LogP contribution in [-0.2, 0) is 0 Å². The predicted octanol–water partition coefficient (Wildman–Crippen LogP) is 6.29. The van der Waals surface area contributed by atoms with Crippen molar-refractivity contribution in [2.45, 2.75) is 52.6 Å². The van der Waals surface area contributed by atoms with Crippen molar-refractivity contribution in [2.24, 2.45) is 11.3 Å². The second kappa shape index (κ2) is 9.52. The van der Waals surface area contributed by atoms with Gasteiger partial charge in [-0.3, -0.25) is 10.1 Å². The normalized spacial score (nSPS) is 19.1. The third kappa shape index (κ3) is 5.76. The number of halogens is 1. The number of rotatable bonds is 4. The molecule has 2 aromatic carbocycles. The summed E-state index contributed by atoms with van der Waals surface area (Å²) in [4.78, 5) is 24.3. The van der Waals surface area contributed by atoms with E-state index in [0.29, 0.717) is 16.6 Å². The van der Waals surface area contributed by atoms with Gasteiger partial charge < -0.3 is 10.1 Å². The summed E-state index contributed by atoms with van der Waals surface area (Å²) in [6.07, 6.45) is 4.90. The molecule has 2 unspecified atom stereocenters. The summed E-state index contributed by atoms with van der Waals surface area (Å²) in [6.45, 7) is 6.82. The minimum atomic E-state index is -0.617. The van der Waals surface area contributed by atoms with E-state index in [1.807, 2.05) is 12.1 Å². The summed E-state index contributed by atoms with van der Waals surface area (Å²) in [5.74, 6) is 0.753. The summed E-state index contributed by atoms with van der Waals surface area (Å²) < 4.78 is 6.29. The molecule has 2 N–H and O–H groups in total. The van der Waals surface area contributed by atoms with Crippen LogP contribution in [0.5, 0.6) is 5.75 Å². The van der Waals surface area contributed by atoms with Crippen LogP contribution < -0.4 is 15.4 Å². The Morgan fingerprint density at radius 2 is 1.67 bits per heavy atom. The highest BCUT2D eigenvalue weighted by Crippen LogP contribution is 2.39. The van der Waals surface area contributed by atoms with Crippen LogP contribution in [0.25, 0.3) is 0 Å². The molecule has 6 heteroatoms. The van der Waals surface area contributed by atoms with Crippen molar-refractivity contribution in [1.29, 1.82) is 0 Å². The van der Waals surface area contributed by atoms with Crippen molar-refractivity contribution >= 4 is 29.2 Å². The van der Waals surface area contributed by atoms with Gasteiger partial charge >= 0.3 is 6.03 Å². The number of nitrogens with one attached hydrogen (secondary N) is 2. The third-order valence-corrected chi connectivity index (χ3v) is 5.89. The Morgan fingerprint density at radius 3 is 2.33 bits per heavy atom. The van der Waals surface area contributed by atoms with Gasteiger partial charge in [-0.25, -0.2) is 4.79 Å². The van der Waals surface area contributed by atoms with Gasteiger partial charge in [-0.2, -0.15) is 0 Å². The van der Waals surface area contributed by atoms with Crippen molar-refractivity contribution in [3.63, 3.8) is 0 Å². The number of benzene rings is 2. The Hall–Kier alpha value is -2.53. The summed E-state index contributed by atoms with van der Waals surface area (Å²) in [5, 5.41) is 5.23. The quantitative estimate of drug-likeness (QED) is 0.601. The topological polar surface area (TPSA) is 67.4 Å². The van der Waals surface area contributed by atoms with Gasteiger partial charge in [0.05, 0.1) is 10.6 Å². The molecule has 0 aliphatic heterocycles. The van der Waals surface area contributed by atoms with Crippen LogP contribution in [0.2, 0.25) is 5.02 Å². The molecule has 3 rings (SSSR count). The fourth-order valence-corrected chi connectivity index (χ4v) is 4.22. The lowest BCUT2D eigenvalue weighted by Gasteiger charge is -2.40. The van der Waals surface area contributed by atoms with Crippen LogP contribution in [-0.4, -0.2) is 18.0 Å². The van der Waals surface area contributed by atoms with E-state index >= 15 is 0 Å². The smallest absolute Gasteiger partial charge is 0.326 e. The average molecular weight is 429 g/mol. The molecule has 5 nitrogen and oxygen atoms in total. The van der Waals surface area contributed by atoms with Crippen molar-refractivity contribution in [1.82, 2.24) is 5.32 Å². The summed E-state index contributed by atoms with van der Waals surface area (Å²) >= 11 is 5.99. The van der Waals surface area contributed by atoms with Gasteiger partial charge in [-0.15, -0.1) is 0 Å². The van der Waals surface area contributed by atoms with Crippen molar-refractivity contribution in [3.05, 3.63) is 59.1 Å². The molecule has 30 heavy (non-hydrogen) atoms. The number of amides is 3. The second-order valence-corrected chi connectivity index (χ2v) is 9.23. The molecule has 0 radical (unpaired) electrons. The molecule has 160 valence electrons. The number of carbonyl (C=O) groups excluding carboxylic acids is 2. The number of imide groups is 1. The first-order valence-corrected chi connectivity index (χ1v) is 10.8. The maximum atomic E-state index is 12.2. The van der Waals surface area contributed by atoms with Crippen LogP contribution >= 0.6 is 11.6 Å².